The molecule has 0 amide bonds. The lowest BCUT2D eigenvalue weighted by Gasteiger charge is -2.35. The van der Waals surface area contributed by atoms with Crippen LogP contribution in [0.5, 0.6) is 0 Å². The van der Waals surface area contributed by atoms with Crippen LogP contribution >= 0.6 is 0 Å². The van der Waals surface area contributed by atoms with Crippen LogP contribution in [0, 0.1) is 0 Å². The van der Waals surface area contributed by atoms with Gasteiger partial charge >= 0.3 is 23.9 Å². The van der Waals surface area contributed by atoms with Crippen LogP contribution in [0.1, 0.15) is 13.3 Å². The van der Waals surface area contributed by atoms with Crippen LogP contribution in [0.3, 0.4) is 0 Å². The summed E-state index contributed by atoms with van der Waals surface area (Å²) in [6.45, 7) is 0.723. The molecule has 1 nitrogen and oxygen atoms in total. The third kappa shape index (κ3) is 2.31. The molecule has 10 heteroatoms. The number of alkyl halides is 9. The zero-order chi connectivity index (χ0) is 14.3. The van der Waals surface area contributed by atoms with Crippen molar-refractivity contribution >= 4 is 0 Å². The zero-order valence-corrected chi connectivity index (χ0v) is 8.13. The summed E-state index contributed by atoms with van der Waals surface area (Å²) in [5, 5.41) is 8.42. The molecule has 0 radical (unpaired) electrons. The zero-order valence-electron chi connectivity index (χ0n) is 8.13. The molecule has 0 rings (SSSR count). The maximum atomic E-state index is 12.6. The second-order valence-corrected chi connectivity index (χ2v) is 3.19. The van der Waals surface area contributed by atoms with E-state index in [4.69, 9.17) is 5.11 Å². The Morgan fingerprint density at radius 2 is 1.18 bits per heavy atom. The number of hydrogen-bond acceptors (Lipinski definition) is 1. The second kappa shape index (κ2) is 4.21. The van der Waals surface area contributed by atoms with Gasteiger partial charge in [-0.25, -0.2) is 0 Å². The predicted octanol–water partition coefficient (Wildman–Crippen LogP) is 3.23. The fraction of sp³-hybridized carbons (Fsp3) is 1.00. The highest BCUT2D eigenvalue weighted by Gasteiger charge is 2.82. The molecule has 0 saturated carbocycles. The van der Waals surface area contributed by atoms with Crippen LogP contribution in [-0.2, 0) is 0 Å². The molecule has 17 heavy (non-hydrogen) atoms. The minimum absolute atomic E-state index is 0.723. The molecule has 1 atom stereocenters. The molecular weight excluding hydrogens is 271 g/mol. The smallest absolute Gasteiger partial charge is 0.387 e. The van der Waals surface area contributed by atoms with Gasteiger partial charge < -0.3 is 5.11 Å². The summed E-state index contributed by atoms with van der Waals surface area (Å²) in [5.41, 5.74) is 0. The van der Waals surface area contributed by atoms with E-state index in [0.717, 1.165) is 6.92 Å². The standard InChI is InChI=1S/C7H7F9O/c1-2-3(17)4(8,9)5(10,11)6(12,13)7(14,15)16/h3,17H,2H2,1H3. The van der Waals surface area contributed by atoms with Gasteiger partial charge in [-0.3, -0.25) is 0 Å². The molecule has 0 saturated heterocycles. The Kier molecular flexibility index (Phi) is 4.05. The first-order valence-corrected chi connectivity index (χ1v) is 4.11. The number of aliphatic hydroxyl groups excluding tert-OH is 1. The summed E-state index contributed by atoms with van der Waals surface area (Å²) in [6, 6.07) is 0. The third-order valence-corrected chi connectivity index (χ3v) is 1.97. The van der Waals surface area contributed by atoms with E-state index in [1.165, 1.54) is 0 Å². The van der Waals surface area contributed by atoms with Crippen molar-refractivity contribution in [3.8, 4) is 0 Å². The highest BCUT2D eigenvalue weighted by Crippen LogP contribution is 2.54. The SMILES string of the molecule is CCC(O)C(F)(F)C(F)(F)C(F)(F)C(F)(F)F. The van der Waals surface area contributed by atoms with Gasteiger partial charge in [-0.2, -0.15) is 39.5 Å². The van der Waals surface area contributed by atoms with Crippen molar-refractivity contribution in [2.75, 3.05) is 0 Å². The maximum Gasteiger partial charge on any atom is 0.460 e. The van der Waals surface area contributed by atoms with E-state index in [0.29, 0.717) is 0 Å². The van der Waals surface area contributed by atoms with Crippen molar-refractivity contribution in [2.45, 2.75) is 43.4 Å². The summed E-state index contributed by atoms with van der Waals surface area (Å²) in [6.07, 6.45) is -11.3. The summed E-state index contributed by atoms with van der Waals surface area (Å²) >= 11 is 0. The lowest BCUT2D eigenvalue weighted by Crippen LogP contribution is -2.64. The summed E-state index contributed by atoms with van der Waals surface area (Å²) in [5.74, 6) is -19.6. The summed E-state index contributed by atoms with van der Waals surface area (Å²) in [4.78, 5) is 0. The van der Waals surface area contributed by atoms with Crippen LogP contribution in [0.15, 0.2) is 0 Å². The fourth-order valence-corrected chi connectivity index (χ4v) is 0.853. The van der Waals surface area contributed by atoms with E-state index in [-0.39, 0.29) is 0 Å². The molecule has 0 aromatic heterocycles. The lowest BCUT2D eigenvalue weighted by molar-refractivity contribution is -0.405. The minimum Gasteiger partial charge on any atom is -0.387 e. The van der Waals surface area contributed by atoms with Crippen LogP contribution in [0.4, 0.5) is 39.5 Å². The minimum atomic E-state index is -6.94. The first kappa shape index (κ1) is 16.3. The highest BCUT2D eigenvalue weighted by molar-refractivity contribution is 5.02. The normalized spacial score (nSPS) is 17.1. The Labute approximate surface area is 89.2 Å². The molecule has 0 spiro atoms. The van der Waals surface area contributed by atoms with Crippen LogP contribution in [-0.4, -0.2) is 35.2 Å². The Balaban J connectivity index is 5.55. The monoisotopic (exact) mass is 278 g/mol. The van der Waals surface area contributed by atoms with Gasteiger partial charge in [-0.1, -0.05) is 6.92 Å². The molecule has 0 aliphatic rings. The predicted molar refractivity (Wildman–Crippen MR) is 37.2 cm³/mol. The molecule has 0 fully saturated rings. The topological polar surface area (TPSA) is 20.2 Å². The molecule has 0 bridgehead atoms. The average molecular weight is 278 g/mol. The number of aliphatic hydroxyl groups is 1. The van der Waals surface area contributed by atoms with E-state index in [1.54, 1.807) is 0 Å². The quantitative estimate of drug-likeness (QED) is 0.783. The lowest BCUT2D eigenvalue weighted by atomic mass is 9.98. The number of hydrogen-bond donors (Lipinski definition) is 1. The number of halogens is 9. The highest BCUT2D eigenvalue weighted by atomic mass is 19.4. The molecule has 0 aromatic carbocycles. The fourth-order valence-electron chi connectivity index (χ4n) is 0.853. The Morgan fingerprint density at radius 1 is 0.824 bits per heavy atom. The first-order valence-electron chi connectivity index (χ1n) is 4.11. The van der Waals surface area contributed by atoms with Gasteiger partial charge in [0.1, 0.15) is 6.10 Å². The van der Waals surface area contributed by atoms with Crippen molar-refractivity contribution in [2.24, 2.45) is 0 Å². The van der Waals surface area contributed by atoms with E-state index >= 15 is 0 Å². The molecule has 104 valence electrons. The van der Waals surface area contributed by atoms with Gasteiger partial charge in [-0.05, 0) is 6.42 Å². The first-order chi connectivity index (χ1) is 7.23. The molecule has 0 aliphatic carbocycles. The van der Waals surface area contributed by atoms with Crippen molar-refractivity contribution in [1.29, 1.82) is 0 Å². The molecular formula is C7H7F9O. The molecule has 1 unspecified atom stereocenters. The summed E-state index contributed by atoms with van der Waals surface area (Å²) < 4.78 is 110. The Hall–Kier alpha value is -0.670. The van der Waals surface area contributed by atoms with E-state index in [2.05, 4.69) is 0 Å². The van der Waals surface area contributed by atoms with Crippen molar-refractivity contribution in [1.82, 2.24) is 0 Å². The van der Waals surface area contributed by atoms with Crippen molar-refractivity contribution < 1.29 is 44.6 Å². The second-order valence-electron chi connectivity index (χ2n) is 3.19. The van der Waals surface area contributed by atoms with Crippen LogP contribution in [0.25, 0.3) is 0 Å². The van der Waals surface area contributed by atoms with E-state index < -0.39 is 36.5 Å². The van der Waals surface area contributed by atoms with Gasteiger partial charge in [0.15, 0.2) is 0 Å². The average Bonchev–Trinajstić information content (AvgIpc) is 2.13. The van der Waals surface area contributed by atoms with Gasteiger partial charge in [0.25, 0.3) is 0 Å². The van der Waals surface area contributed by atoms with E-state index in [1.807, 2.05) is 0 Å². The van der Waals surface area contributed by atoms with E-state index in [9.17, 15) is 39.5 Å². The summed E-state index contributed by atoms with van der Waals surface area (Å²) in [7, 11) is 0. The van der Waals surface area contributed by atoms with Crippen molar-refractivity contribution in [3.63, 3.8) is 0 Å². The number of rotatable bonds is 4. The largest absolute Gasteiger partial charge is 0.460 e. The van der Waals surface area contributed by atoms with Crippen molar-refractivity contribution in [3.05, 3.63) is 0 Å². The van der Waals surface area contributed by atoms with Gasteiger partial charge in [0, 0.05) is 0 Å². The van der Waals surface area contributed by atoms with Crippen LogP contribution < -0.4 is 0 Å². The Morgan fingerprint density at radius 3 is 1.41 bits per heavy atom. The third-order valence-electron chi connectivity index (χ3n) is 1.97. The Bertz CT molecular complexity index is 269. The molecule has 1 N–H and O–H groups in total. The molecule has 0 aliphatic heterocycles. The molecule has 0 heterocycles. The maximum absolute atomic E-state index is 12.6. The van der Waals surface area contributed by atoms with Gasteiger partial charge in [0.2, 0.25) is 0 Å². The van der Waals surface area contributed by atoms with Crippen LogP contribution in [0.2, 0.25) is 0 Å². The molecule has 0 aromatic rings. The van der Waals surface area contributed by atoms with Gasteiger partial charge in [0.05, 0.1) is 0 Å². The van der Waals surface area contributed by atoms with Gasteiger partial charge in [-0.15, -0.1) is 0 Å².